The van der Waals surface area contributed by atoms with Gasteiger partial charge in [0.15, 0.2) is 0 Å². The average Bonchev–Trinajstić information content (AvgIpc) is 3.16. The van der Waals surface area contributed by atoms with E-state index in [1.54, 1.807) is 13.0 Å². The first-order valence-electron chi connectivity index (χ1n) is 8.00. The standard InChI is InChI=1S/C17H22BF3O2/c1-10-8-13(17(19,20)21)14(9-12(10)11-6-7-11)18-22-15(2,3)16(4,5)23-18/h8-9,11H,6-7H2,1-5H3. The van der Waals surface area contributed by atoms with Crippen LogP contribution in [0.5, 0.6) is 0 Å². The van der Waals surface area contributed by atoms with E-state index in [1.165, 1.54) is 6.07 Å². The molecule has 0 unspecified atom stereocenters. The molecule has 2 fully saturated rings. The van der Waals surface area contributed by atoms with Gasteiger partial charge < -0.3 is 9.31 Å². The zero-order valence-corrected chi connectivity index (χ0v) is 14.2. The van der Waals surface area contributed by atoms with E-state index in [4.69, 9.17) is 9.31 Å². The Balaban J connectivity index is 2.08. The third kappa shape index (κ3) is 2.91. The minimum absolute atomic E-state index is 0.101. The fraction of sp³-hybridized carbons (Fsp3) is 0.647. The molecule has 0 radical (unpaired) electrons. The number of benzene rings is 1. The SMILES string of the molecule is Cc1cc(C(F)(F)F)c(B2OC(C)(C)C(C)(C)O2)cc1C1CC1. The Morgan fingerprint density at radius 1 is 1.04 bits per heavy atom. The summed E-state index contributed by atoms with van der Waals surface area (Å²) >= 11 is 0. The number of rotatable bonds is 2. The van der Waals surface area contributed by atoms with Gasteiger partial charge in [-0.15, -0.1) is 0 Å². The van der Waals surface area contributed by atoms with E-state index in [-0.39, 0.29) is 5.46 Å². The van der Waals surface area contributed by atoms with Gasteiger partial charge >= 0.3 is 13.3 Å². The summed E-state index contributed by atoms with van der Waals surface area (Å²) < 4.78 is 52.2. The number of alkyl halides is 3. The monoisotopic (exact) mass is 326 g/mol. The molecular formula is C17H22BF3O2. The molecule has 0 spiro atoms. The van der Waals surface area contributed by atoms with Crippen molar-refractivity contribution in [3.63, 3.8) is 0 Å². The summed E-state index contributed by atoms with van der Waals surface area (Å²) in [6, 6.07) is 2.89. The molecule has 1 aromatic carbocycles. The van der Waals surface area contributed by atoms with Crippen molar-refractivity contribution in [3.05, 3.63) is 28.8 Å². The molecule has 0 N–H and O–H groups in total. The first-order valence-corrected chi connectivity index (χ1v) is 8.00. The molecule has 0 atom stereocenters. The van der Waals surface area contributed by atoms with Crippen molar-refractivity contribution in [1.82, 2.24) is 0 Å². The minimum Gasteiger partial charge on any atom is -0.399 e. The van der Waals surface area contributed by atoms with Gasteiger partial charge in [-0.3, -0.25) is 0 Å². The highest BCUT2D eigenvalue weighted by Crippen LogP contribution is 2.43. The van der Waals surface area contributed by atoms with E-state index in [9.17, 15) is 13.2 Å². The van der Waals surface area contributed by atoms with Gasteiger partial charge in [0, 0.05) is 0 Å². The van der Waals surface area contributed by atoms with Gasteiger partial charge in [0.05, 0.1) is 16.8 Å². The maximum absolute atomic E-state index is 13.5. The fourth-order valence-electron chi connectivity index (χ4n) is 2.99. The Bertz CT molecular complexity index is 617. The van der Waals surface area contributed by atoms with Crippen LogP contribution in [0.3, 0.4) is 0 Å². The number of hydrogen-bond donors (Lipinski definition) is 0. The zero-order chi connectivity index (χ0) is 17.2. The normalized spacial score (nSPS) is 23.4. The predicted octanol–water partition coefficient (Wildman–Crippen LogP) is 4.19. The lowest BCUT2D eigenvalue weighted by Gasteiger charge is -2.32. The Hall–Kier alpha value is -1.01. The van der Waals surface area contributed by atoms with E-state index in [0.717, 1.165) is 18.4 Å². The van der Waals surface area contributed by atoms with Crippen LogP contribution < -0.4 is 5.46 Å². The Morgan fingerprint density at radius 3 is 2.00 bits per heavy atom. The number of halogens is 3. The van der Waals surface area contributed by atoms with Crippen LogP contribution >= 0.6 is 0 Å². The lowest BCUT2D eigenvalue weighted by Crippen LogP contribution is -2.41. The van der Waals surface area contributed by atoms with Crippen molar-refractivity contribution in [3.8, 4) is 0 Å². The second kappa shape index (κ2) is 4.99. The van der Waals surface area contributed by atoms with Crippen molar-refractivity contribution in [2.75, 3.05) is 0 Å². The molecule has 1 saturated carbocycles. The highest BCUT2D eigenvalue weighted by molar-refractivity contribution is 6.62. The van der Waals surface area contributed by atoms with E-state index in [2.05, 4.69) is 0 Å². The molecule has 23 heavy (non-hydrogen) atoms. The van der Waals surface area contributed by atoms with Crippen LogP contribution in [0.2, 0.25) is 0 Å². The molecule has 0 amide bonds. The lowest BCUT2D eigenvalue weighted by molar-refractivity contribution is -0.136. The molecule has 0 bridgehead atoms. The van der Waals surface area contributed by atoms with Crippen molar-refractivity contribution in [1.29, 1.82) is 0 Å². The maximum atomic E-state index is 13.5. The Labute approximate surface area is 135 Å². The summed E-state index contributed by atoms with van der Waals surface area (Å²) in [6.07, 6.45) is -2.35. The summed E-state index contributed by atoms with van der Waals surface area (Å²) in [5, 5.41) is 0. The molecular weight excluding hydrogens is 304 g/mol. The fourth-order valence-corrected chi connectivity index (χ4v) is 2.99. The quantitative estimate of drug-likeness (QED) is 0.759. The highest BCUT2D eigenvalue weighted by Gasteiger charge is 2.54. The first kappa shape index (κ1) is 16.8. The second-order valence-electron chi connectivity index (χ2n) is 7.66. The van der Waals surface area contributed by atoms with Crippen molar-refractivity contribution in [2.24, 2.45) is 0 Å². The highest BCUT2D eigenvalue weighted by atomic mass is 19.4. The van der Waals surface area contributed by atoms with Crippen LogP contribution in [0.1, 0.15) is 63.1 Å². The van der Waals surface area contributed by atoms with Gasteiger partial charge in [0.25, 0.3) is 0 Å². The largest absolute Gasteiger partial charge is 0.495 e. The van der Waals surface area contributed by atoms with Crippen molar-refractivity contribution < 1.29 is 22.5 Å². The van der Waals surface area contributed by atoms with E-state index in [0.29, 0.717) is 11.5 Å². The molecule has 6 heteroatoms. The van der Waals surface area contributed by atoms with Gasteiger partial charge in [-0.1, -0.05) is 6.07 Å². The summed E-state index contributed by atoms with van der Waals surface area (Å²) in [7, 11) is -0.991. The number of aryl methyl sites for hydroxylation is 1. The molecule has 1 saturated heterocycles. The molecule has 2 aliphatic rings. The molecule has 0 aromatic heterocycles. The predicted molar refractivity (Wildman–Crippen MR) is 83.9 cm³/mol. The molecule has 2 nitrogen and oxygen atoms in total. The summed E-state index contributed by atoms with van der Waals surface area (Å²) in [5.41, 5.74) is -0.194. The van der Waals surface area contributed by atoms with Crippen molar-refractivity contribution >= 4 is 12.6 Å². The van der Waals surface area contributed by atoms with Crippen LogP contribution in [-0.2, 0) is 15.5 Å². The third-order valence-electron chi connectivity index (χ3n) is 5.27. The summed E-state index contributed by atoms with van der Waals surface area (Å²) in [5.74, 6) is 0.374. The summed E-state index contributed by atoms with van der Waals surface area (Å²) in [6.45, 7) is 9.12. The molecule has 126 valence electrons. The molecule has 1 heterocycles. The average molecular weight is 326 g/mol. The van der Waals surface area contributed by atoms with Gasteiger partial charge in [-0.25, -0.2) is 0 Å². The minimum atomic E-state index is -4.42. The van der Waals surface area contributed by atoms with E-state index >= 15 is 0 Å². The maximum Gasteiger partial charge on any atom is 0.495 e. The van der Waals surface area contributed by atoms with E-state index in [1.807, 2.05) is 27.7 Å². The third-order valence-corrected chi connectivity index (χ3v) is 5.27. The van der Waals surface area contributed by atoms with Crippen LogP contribution in [0.4, 0.5) is 13.2 Å². The van der Waals surface area contributed by atoms with E-state index < -0.39 is 30.1 Å². The van der Waals surface area contributed by atoms with Crippen LogP contribution in [-0.4, -0.2) is 18.3 Å². The molecule has 1 aliphatic carbocycles. The first-order chi connectivity index (χ1) is 10.4. The molecule has 1 aromatic rings. The lowest BCUT2D eigenvalue weighted by atomic mass is 9.73. The van der Waals surface area contributed by atoms with Crippen LogP contribution in [0.25, 0.3) is 0 Å². The second-order valence-corrected chi connectivity index (χ2v) is 7.66. The zero-order valence-electron chi connectivity index (χ0n) is 14.2. The van der Waals surface area contributed by atoms with Crippen LogP contribution in [0.15, 0.2) is 12.1 Å². The Morgan fingerprint density at radius 2 is 1.57 bits per heavy atom. The molecule has 3 rings (SSSR count). The Kier molecular flexibility index (Phi) is 3.66. The topological polar surface area (TPSA) is 18.5 Å². The van der Waals surface area contributed by atoms with Gasteiger partial charge in [-0.05, 0) is 76.0 Å². The van der Waals surface area contributed by atoms with Gasteiger partial charge in [0.1, 0.15) is 0 Å². The van der Waals surface area contributed by atoms with Gasteiger partial charge in [0.2, 0.25) is 0 Å². The molecule has 1 aliphatic heterocycles. The van der Waals surface area contributed by atoms with Crippen LogP contribution in [0, 0.1) is 6.92 Å². The van der Waals surface area contributed by atoms with Gasteiger partial charge in [-0.2, -0.15) is 13.2 Å². The summed E-state index contributed by atoms with van der Waals surface area (Å²) in [4.78, 5) is 0. The van der Waals surface area contributed by atoms with Crippen molar-refractivity contribution in [2.45, 2.75) is 70.8 Å². The smallest absolute Gasteiger partial charge is 0.399 e. The number of hydrogen-bond acceptors (Lipinski definition) is 2.